The number of methoxy groups -OCH3 is 2. The van der Waals surface area contributed by atoms with E-state index in [-0.39, 0.29) is 23.8 Å². The molecule has 0 aliphatic rings. The lowest BCUT2D eigenvalue weighted by atomic mass is 10.0. The first-order valence-electron chi connectivity index (χ1n) is 9.35. The van der Waals surface area contributed by atoms with Crippen LogP contribution in [0.3, 0.4) is 0 Å². The van der Waals surface area contributed by atoms with Crippen LogP contribution in [0.4, 0.5) is 0 Å². The van der Waals surface area contributed by atoms with Crippen LogP contribution >= 0.6 is 15.9 Å². The Morgan fingerprint density at radius 3 is 2.03 bits per heavy atom. The van der Waals surface area contributed by atoms with Crippen molar-refractivity contribution in [2.24, 2.45) is 5.92 Å². The zero-order valence-electron chi connectivity index (χ0n) is 17.3. The topological polar surface area (TPSA) is 76.7 Å². The standard InChI is InChI=1S/C22H27BrN2O4/c1-13(2)20(22(27)24-14(3)18-8-6-7-9-19(18)23)25-21(26)15-10-16(28-4)12-17(11-15)29-5/h6-14,20H,1-5H3,(H,24,27)(H,25,26)/t14?,20-/m0/s1. The van der Waals surface area contributed by atoms with Crippen molar-refractivity contribution < 1.29 is 19.1 Å². The molecule has 0 spiro atoms. The van der Waals surface area contributed by atoms with Crippen LogP contribution in [-0.4, -0.2) is 32.1 Å². The Labute approximate surface area is 180 Å². The first-order valence-corrected chi connectivity index (χ1v) is 10.1. The molecule has 156 valence electrons. The van der Waals surface area contributed by atoms with Crippen LogP contribution in [0, 0.1) is 5.92 Å². The molecule has 0 radical (unpaired) electrons. The first kappa shape index (κ1) is 22.7. The maximum Gasteiger partial charge on any atom is 0.252 e. The number of halogens is 1. The van der Waals surface area contributed by atoms with Crippen molar-refractivity contribution in [2.75, 3.05) is 14.2 Å². The molecule has 1 unspecified atom stereocenters. The third kappa shape index (κ3) is 5.97. The van der Waals surface area contributed by atoms with Crippen molar-refractivity contribution in [3.8, 4) is 11.5 Å². The van der Waals surface area contributed by atoms with Crippen LogP contribution in [-0.2, 0) is 4.79 Å². The molecule has 0 aliphatic carbocycles. The van der Waals surface area contributed by atoms with E-state index in [1.165, 1.54) is 14.2 Å². The fourth-order valence-electron chi connectivity index (χ4n) is 2.91. The second-order valence-corrected chi connectivity index (χ2v) is 7.90. The van der Waals surface area contributed by atoms with Gasteiger partial charge in [0.2, 0.25) is 5.91 Å². The van der Waals surface area contributed by atoms with Crippen molar-refractivity contribution in [2.45, 2.75) is 32.9 Å². The summed E-state index contributed by atoms with van der Waals surface area (Å²) in [6.07, 6.45) is 0. The molecular formula is C22H27BrN2O4. The average Bonchev–Trinajstić information content (AvgIpc) is 2.71. The molecule has 0 saturated carbocycles. The molecular weight excluding hydrogens is 436 g/mol. The maximum absolute atomic E-state index is 12.9. The fourth-order valence-corrected chi connectivity index (χ4v) is 3.53. The summed E-state index contributed by atoms with van der Waals surface area (Å²) >= 11 is 3.51. The van der Waals surface area contributed by atoms with Gasteiger partial charge < -0.3 is 20.1 Å². The molecule has 2 aromatic rings. The summed E-state index contributed by atoms with van der Waals surface area (Å²) in [5.74, 6) is 0.291. The van der Waals surface area contributed by atoms with Gasteiger partial charge in [-0.1, -0.05) is 48.0 Å². The van der Waals surface area contributed by atoms with E-state index >= 15 is 0 Å². The third-order valence-electron chi connectivity index (χ3n) is 4.58. The quantitative estimate of drug-likeness (QED) is 0.618. The molecule has 7 heteroatoms. The maximum atomic E-state index is 12.9. The van der Waals surface area contributed by atoms with E-state index in [9.17, 15) is 9.59 Å². The third-order valence-corrected chi connectivity index (χ3v) is 5.30. The summed E-state index contributed by atoms with van der Waals surface area (Å²) < 4.78 is 11.4. The minimum Gasteiger partial charge on any atom is -0.497 e. The second kappa shape index (κ2) is 10.3. The molecule has 2 N–H and O–H groups in total. The van der Waals surface area contributed by atoms with Gasteiger partial charge in [0.15, 0.2) is 0 Å². The summed E-state index contributed by atoms with van der Waals surface area (Å²) in [4.78, 5) is 25.7. The molecule has 0 saturated heterocycles. The van der Waals surface area contributed by atoms with Crippen LogP contribution < -0.4 is 20.1 Å². The summed E-state index contributed by atoms with van der Waals surface area (Å²) in [7, 11) is 3.04. The number of rotatable bonds is 8. The molecule has 0 aliphatic heterocycles. The Morgan fingerprint density at radius 2 is 1.52 bits per heavy atom. The normalized spacial score (nSPS) is 12.8. The molecule has 2 amide bonds. The van der Waals surface area contributed by atoms with Gasteiger partial charge in [0.05, 0.1) is 20.3 Å². The zero-order valence-corrected chi connectivity index (χ0v) is 18.9. The van der Waals surface area contributed by atoms with Gasteiger partial charge in [-0.3, -0.25) is 9.59 Å². The van der Waals surface area contributed by atoms with Crippen molar-refractivity contribution in [3.63, 3.8) is 0 Å². The second-order valence-electron chi connectivity index (χ2n) is 7.05. The van der Waals surface area contributed by atoms with Crippen LogP contribution in [0.2, 0.25) is 0 Å². The summed E-state index contributed by atoms with van der Waals surface area (Å²) in [6, 6.07) is 11.7. The van der Waals surface area contributed by atoms with Gasteiger partial charge in [-0.25, -0.2) is 0 Å². The number of nitrogens with one attached hydrogen (secondary N) is 2. The van der Waals surface area contributed by atoms with E-state index in [0.717, 1.165) is 10.0 Å². The largest absolute Gasteiger partial charge is 0.497 e. The highest BCUT2D eigenvalue weighted by atomic mass is 79.9. The first-order chi connectivity index (χ1) is 13.8. The monoisotopic (exact) mass is 462 g/mol. The molecule has 2 atom stereocenters. The Balaban J connectivity index is 2.16. The number of carbonyl (C=O) groups excluding carboxylic acids is 2. The molecule has 2 rings (SSSR count). The van der Waals surface area contributed by atoms with Crippen LogP contribution in [0.1, 0.15) is 42.7 Å². The van der Waals surface area contributed by atoms with Crippen molar-refractivity contribution in [1.29, 1.82) is 0 Å². The highest BCUT2D eigenvalue weighted by molar-refractivity contribution is 9.10. The van der Waals surface area contributed by atoms with Gasteiger partial charge in [0, 0.05) is 16.1 Å². The molecule has 0 bridgehead atoms. The van der Waals surface area contributed by atoms with Crippen molar-refractivity contribution >= 4 is 27.7 Å². The lowest BCUT2D eigenvalue weighted by molar-refractivity contribution is -0.124. The number of amides is 2. The Morgan fingerprint density at radius 1 is 0.931 bits per heavy atom. The highest BCUT2D eigenvalue weighted by Crippen LogP contribution is 2.24. The van der Waals surface area contributed by atoms with Crippen molar-refractivity contribution in [3.05, 3.63) is 58.1 Å². The summed E-state index contributed by atoms with van der Waals surface area (Å²) in [5, 5.41) is 5.82. The predicted molar refractivity (Wildman–Crippen MR) is 116 cm³/mol. The molecule has 0 heterocycles. The highest BCUT2D eigenvalue weighted by Gasteiger charge is 2.26. The molecule has 0 aromatic heterocycles. The Kier molecular flexibility index (Phi) is 8.08. The van der Waals surface area contributed by atoms with E-state index < -0.39 is 6.04 Å². The van der Waals surface area contributed by atoms with Crippen LogP contribution in [0.15, 0.2) is 46.9 Å². The van der Waals surface area contributed by atoms with Gasteiger partial charge in [-0.2, -0.15) is 0 Å². The molecule has 6 nitrogen and oxygen atoms in total. The minimum absolute atomic E-state index is 0.0992. The van der Waals surface area contributed by atoms with E-state index in [1.54, 1.807) is 18.2 Å². The SMILES string of the molecule is COc1cc(OC)cc(C(=O)N[C@H](C(=O)NC(C)c2ccccc2Br)C(C)C)c1. The zero-order chi connectivity index (χ0) is 21.6. The van der Waals surface area contributed by atoms with Crippen molar-refractivity contribution in [1.82, 2.24) is 10.6 Å². The Hall–Kier alpha value is -2.54. The van der Waals surface area contributed by atoms with Gasteiger partial charge in [0.1, 0.15) is 17.5 Å². The number of hydrogen-bond acceptors (Lipinski definition) is 4. The molecule has 29 heavy (non-hydrogen) atoms. The van der Waals surface area contributed by atoms with Crippen LogP contribution in [0.5, 0.6) is 11.5 Å². The lowest BCUT2D eigenvalue weighted by Gasteiger charge is -2.25. The summed E-state index contributed by atoms with van der Waals surface area (Å²) in [5.41, 5.74) is 1.32. The minimum atomic E-state index is -0.690. The summed E-state index contributed by atoms with van der Waals surface area (Å²) in [6.45, 7) is 5.68. The van der Waals surface area contributed by atoms with E-state index in [0.29, 0.717) is 17.1 Å². The number of ether oxygens (including phenoxy) is 2. The fraction of sp³-hybridized carbons (Fsp3) is 0.364. The molecule has 2 aromatic carbocycles. The smallest absolute Gasteiger partial charge is 0.252 e. The molecule has 0 fully saturated rings. The van der Waals surface area contributed by atoms with E-state index in [4.69, 9.17) is 9.47 Å². The number of hydrogen-bond donors (Lipinski definition) is 2. The van der Waals surface area contributed by atoms with E-state index in [1.807, 2.05) is 45.0 Å². The van der Waals surface area contributed by atoms with Gasteiger partial charge in [-0.15, -0.1) is 0 Å². The van der Waals surface area contributed by atoms with Gasteiger partial charge in [-0.05, 0) is 36.6 Å². The average molecular weight is 463 g/mol. The lowest BCUT2D eigenvalue weighted by Crippen LogP contribution is -2.50. The number of benzene rings is 2. The van der Waals surface area contributed by atoms with Crippen LogP contribution in [0.25, 0.3) is 0 Å². The number of carbonyl (C=O) groups is 2. The Bertz CT molecular complexity index is 847. The van der Waals surface area contributed by atoms with Gasteiger partial charge >= 0.3 is 0 Å². The van der Waals surface area contributed by atoms with E-state index in [2.05, 4.69) is 26.6 Å². The predicted octanol–water partition coefficient (Wildman–Crippen LogP) is 4.10. The van der Waals surface area contributed by atoms with Gasteiger partial charge in [0.25, 0.3) is 5.91 Å².